The van der Waals surface area contributed by atoms with Crippen molar-refractivity contribution < 1.29 is 14.3 Å². The average molecular weight is 299 g/mol. The highest BCUT2D eigenvalue weighted by Crippen LogP contribution is 2.18. The van der Waals surface area contributed by atoms with Gasteiger partial charge in [0.15, 0.2) is 0 Å². The van der Waals surface area contributed by atoms with Gasteiger partial charge in [0.2, 0.25) is 0 Å². The molecule has 6 heteroatoms. The molecule has 20 heavy (non-hydrogen) atoms. The number of hydrogen-bond donors (Lipinski definition) is 2. The lowest BCUT2D eigenvalue weighted by Gasteiger charge is -2.17. The quantitative estimate of drug-likeness (QED) is 0.793. The Kier molecular flexibility index (Phi) is 6.87. The van der Waals surface area contributed by atoms with Crippen LogP contribution in [0.4, 0.5) is 4.79 Å². The monoisotopic (exact) mass is 298 g/mol. The van der Waals surface area contributed by atoms with Gasteiger partial charge in [-0.15, -0.1) is 0 Å². The Balaban J connectivity index is 2.49. The molecule has 1 atom stereocenters. The lowest BCUT2D eigenvalue weighted by Crippen LogP contribution is -2.40. The summed E-state index contributed by atoms with van der Waals surface area (Å²) in [7, 11) is 0. The highest BCUT2D eigenvalue weighted by atomic mass is 35.5. The first-order valence-corrected chi connectivity index (χ1v) is 6.90. The molecule has 0 saturated heterocycles. The van der Waals surface area contributed by atoms with Gasteiger partial charge in [0.1, 0.15) is 6.54 Å². The number of carbonyl (C=O) groups is 2. The van der Waals surface area contributed by atoms with E-state index in [1.165, 1.54) is 0 Å². The summed E-state index contributed by atoms with van der Waals surface area (Å²) in [5.74, 6) is -0.456. The molecule has 0 saturated carbocycles. The van der Waals surface area contributed by atoms with E-state index < -0.39 is 12.0 Å². The minimum atomic E-state index is -0.456. The zero-order valence-corrected chi connectivity index (χ0v) is 12.4. The van der Waals surface area contributed by atoms with Crippen molar-refractivity contribution >= 4 is 23.6 Å². The predicted molar refractivity (Wildman–Crippen MR) is 77.7 cm³/mol. The number of hydrogen-bond acceptors (Lipinski definition) is 3. The van der Waals surface area contributed by atoms with E-state index in [1.807, 2.05) is 19.1 Å². The van der Waals surface area contributed by atoms with Crippen LogP contribution in [0.25, 0.3) is 0 Å². The van der Waals surface area contributed by atoms with Crippen LogP contribution < -0.4 is 10.6 Å². The smallest absolute Gasteiger partial charge is 0.325 e. The van der Waals surface area contributed by atoms with E-state index in [1.54, 1.807) is 19.1 Å². The summed E-state index contributed by atoms with van der Waals surface area (Å²) in [4.78, 5) is 22.8. The Hall–Kier alpha value is -1.75. The molecule has 5 nitrogen and oxygen atoms in total. The average Bonchev–Trinajstić information content (AvgIpc) is 2.44. The molecule has 0 unspecified atom stereocenters. The molecule has 0 radical (unpaired) electrons. The van der Waals surface area contributed by atoms with E-state index in [4.69, 9.17) is 16.3 Å². The SMILES string of the molecule is CCOC(=O)CNC(=O)N[C@H](CC)c1ccc(Cl)cc1. The first-order chi connectivity index (χ1) is 9.56. The number of benzene rings is 1. The first-order valence-electron chi connectivity index (χ1n) is 6.52. The highest BCUT2D eigenvalue weighted by molar-refractivity contribution is 6.30. The molecule has 0 aliphatic carbocycles. The maximum Gasteiger partial charge on any atom is 0.325 e. The van der Waals surface area contributed by atoms with Crippen molar-refractivity contribution in [3.05, 3.63) is 34.9 Å². The summed E-state index contributed by atoms with van der Waals surface area (Å²) in [6.07, 6.45) is 0.731. The van der Waals surface area contributed by atoms with Gasteiger partial charge in [-0.3, -0.25) is 4.79 Å². The van der Waals surface area contributed by atoms with Gasteiger partial charge in [-0.1, -0.05) is 30.7 Å². The number of amides is 2. The van der Waals surface area contributed by atoms with Crippen LogP contribution in [0.3, 0.4) is 0 Å². The second-order valence-corrected chi connectivity index (χ2v) is 4.58. The summed E-state index contributed by atoms with van der Waals surface area (Å²) in [6, 6.07) is 6.74. The molecule has 1 aromatic carbocycles. The summed E-state index contributed by atoms with van der Waals surface area (Å²) in [5, 5.41) is 5.91. The fraction of sp³-hybridized carbons (Fsp3) is 0.429. The lowest BCUT2D eigenvalue weighted by molar-refractivity contribution is -0.141. The molecular formula is C14H19ClN2O3. The predicted octanol–water partition coefficient (Wildman–Crippen LogP) is 2.65. The molecule has 0 aliphatic heterocycles. The van der Waals surface area contributed by atoms with Crippen LogP contribution in [0.1, 0.15) is 31.9 Å². The van der Waals surface area contributed by atoms with E-state index in [2.05, 4.69) is 10.6 Å². The number of urea groups is 1. The van der Waals surface area contributed by atoms with Gasteiger partial charge in [-0.2, -0.15) is 0 Å². The van der Waals surface area contributed by atoms with Crippen LogP contribution in [0.2, 0.25) is 5.02 Å². The van der Waals surface area contributed by atoms with Gasteiger partial charge in [0.05, 0.1) is 12.6 Å². The maximum atomic E-state index is 11.7. The Morgan fingerprint density at radius 2 is 1.90 bits per heavy atom. The van der Waals surface area contributed by atoms with Crippen molar-refractivity contribution in [2.45, 2.75) is 26.3 Å². The summed E-state index contributed by atoms with van der Waals surface area (Å²) >= 11 is 5.83. The van der Waals surface area contributed by atoms with Crippen LogP contribution in [-0.2, 0) is 9.53 Å². The van der Waals surface area contributed by atoms with Crippen LogP contribution in [0, 0.1) is 0 Å². The molecule has 1 aromatic rings. The standard InChI is InChI=1S/C14H19ClN2O3/c1-3-12(10-5-7-11(15)8-6-10)17-14(19)16-9-13(18)20-4-2/h5-8,12H,3-4,9H2,1-2H3,(H2,16,17,19)/t12-/m1/s1. The molecule has 0 fully saturated rings. The van der Waals surface area contributed by atoms with Crippen molar-refractivity contribution in [3.8, 4) is 0 Å². The topological polar surface area (TPSA) is 67.4 Å². The molecule has 0 aliphatic rings. The lowest BCUT2D eigenvalue weighted by atomic mass is 10.1. The van der Waals surface area contributed by atoms with E-state index in [0.717, 1.165) is 12.0 Å². The van der Waals surface area contributed by atoms with Crippen molar-refractivity contribution in [2.75, 3.05) is 13.2 Å². The molecule has 0 spiro atoms. The van der Waals surface area contributed by atoms with Crippen LogP contribution in [0.15, 0.2) is 24.3 Å². The Morgan fingerprint density at radius 1 is 1.25 bits per heavy atom. The summed E-state index contributed by atoms with van der Waals surface area (Å²) in [6.45, 7) is 3.83. The number of esters is 1. The minimum absolute atomic E-state index is 0.130. The first kappa shape index (κ1) is 16.3. The molecule has 1 rings (SSSR count). The normalized spacial score (nSPS) is 11.6. The summed E-state index contributed by atoms with van der Waals surface area (Å²) < 4.78 is 4.73. The fourth-order valence-corrected chi connectivity index (χ4v) is 1.82. The van der Waals surface area contributed by atoms with Gasteiger partial charge in [0.25, 0.3) is 0 Å². The number of nitrogens with one attached hydrogen (secondary N) is 2. The third kappa shape index (κ3) is 5.48. The van der Waals surface area contributed by atoms with E-state index in [-0.39, 0.29) is 12.6 Å². The molecule has 110 valence electrons. The third-order valence-corrected chi connectivity index (χ3v) is 2.94. The van der Waals surface area contributed by atoms with Crippen molar-refractivity contribution in [2.24, 2.45) is 0 Å². The Labute approximate surface area is 123 Å². The largest absolute Gasteiger partial charge is 0.465 e. The fourth-order valence-electron chi connectivity index (χ4n) is 1.69. The van der Waals surface area contributed by atoms with Gasteiger partial charge in [0, 0.05) is 5.02 Å². The molecule has 2 amide bonds. The molecular weight excluding hydrogens is 280 g/mol. The second-order valence-electron chi connectivity index (χ2n) is 4.14. The van der Waals surface area contributed by atoms with E-state index in [0.29, 0.717) is 11.6 Å². The second kappa shape index (κ2) is 8.43. The third-order valence-electron chi connectivity index (χ3n) is 2.68. The zero-order chi connectivity index (χ0) is 15.0. The van der Waals surface area contributed by atoms with Crippen LogP contribution >= 0.6 is 11.6 Å². The number of ether oxygens (including phenoxy) is 1. The molecule has 0 heterocycles. The number of rotatable bonds is 6. The number of halogens is 1. The van der Waals surface area contributed by atoms with Crippen LogP contribution in [0.5, 0.6) is 0 Å². The van der Waals surface area contributed by atoms with Crippen molar-refractivity contribution in [3.63, 3.8) is 0 Å². The molecule has 2 N–H and O–H groups in total. The van der Waals surface area contributed by atoms with Crippen molar-refractivity contribution in [1.82, 2.24) is 10.6 Å². The summed E-state index contributed by atoms with van der Waals surface area (Å²) in [5.41, 5.74) is 0.961. The molecule has 0 aromatic heterocycles. The van der Waals surface area contributed by atoms with Gasteiger partial charge in [-0.05, 0) is 31.0 Å². The van der Waals surface area contributed by atoms with E-state index in [9.17, 15) is 9.59 Å². The Bertz CT molecular complexity index is 448. The maximum absolute atomic E-state index is 11.7. The van der Waals surface area contributed by atoms with Crippen molar-refractivity contribution in [1.29, 1.82) is 0 Å². The highest BCUT2D eigenvalue weighted by Gasteiger charge is 2.13. The van der Waals surface area contributed by atoms with Gasteiger partial charge in [-0.25, -0.2) is 4.79 Å². The number of carbonyl (C=O) groups excluding carboxylic acids is 2. The zero-order valence-electron chi connectivity index (χ0n) is 11.6. The van der Waals surface area contributed by atoms with E-state index >= 15 is 0 Å². The minimum Gasteiger partial charge on any atom is -0.465 e. The molecule has 0 bridgehead atoms. The van der Waals surface area contributed by atoms with Crippen LogP contribution in [-0.4, -0.2) is 25.2 Å². The Morgan fingerprint density at radius 3 is 2.45 bits per heavy atom. The van der Waals surface area contributed by atoms with Gasteiger partial charge < -0.3 is 15.4 Å². The van der Waals surface area contributed by atoms with Gasteiger partial charge >= 0.3 is 12.0 Å².